The number of hydrogen-bond donors (Lipinski definition) is 0. The van der Waals surface area contributed by atoms with Crippen LogP contribution in [0.4, 0.5) is 0 Å². The first-order chi connectivity index (χ1) is 16.3. The molecule has 0 spiro atoms. The van der Waals surface area contributed by atoms with Gasteiger partial charge in [0.2, 0.25) is 5.91 Å². The second-order valence-electron chi connectivity index (χ2n) is 8.87. The van der Waals surface area contributed by atoms with Crippen molar-refractivity contribution in [1.29, 1.82) is 0 Å². The lowest BCUT2D eigenvalue weighted by molar-refractivity contribution is -0.139. The van der Waals surface area contributed by atoms with E-state index >= 15 is 0 Å². The molecule has 2 saturated heterocycles. The Hall–Kier alpha value is -1.99. The molecule has 34 heavy (non-hydrogen) atoms. The number of morpholine rings is 1. The second kappa shape index (κ2) is 11.2. The molecule has 4 rings (SSSR count). The summed E-state index contributed by atoms with van der Waals surface area (Å²) in [5.74, 6) is 0.607. The van der Waals surface area contributed by atoms with E-state index in [2.05, 4.69) is 0 Å². The Kier molecular flexibility index (Phi) is 8.25. The van der Waals surface area contributed by atoms with Crippen LogP contribution in [0.25, 0.3) is 0 Å². The molecule has 0 bridgehead atoms. The molecule has 0 unspecified atom stereocenters. The number of hydrogen-bond acceptors (Lipinski definition) is 4. The Balaban J connectivity index is 1.53. The molecular formula is C25H27Cl3N2O4. The Morgan fingerprint density at radius 1 is 0.941 bits per heavy atom. The van der Waals surface area contributed by atoms with Crippen LogP contribution in [0.5, 0.6) is 5.75 Å². The Bertz CT molecular complexity index is 1030. The van der Waals surface area contributed by atoms with Crippen molar-refractivity contribution in [3.63, 3.8) is 0 Å². The minimum absolute atomic E-state index is 0.0619. The number of rotatable bonds is 6. The van der Waals surface area contributed by atoms with Crippen molar-refractivity contribution < 1.29 is 19.1 Å². The molecule has 0 N–H and O–H groups in total. The molecule has 0 aliphatic carbocycles. The van der Waals surface area contributed by atoms with Gasteiger partial charge >= 0.3 is 0 Å². The van der Waals surface area contributed by atoms with Crippen molar-refractivity contribution >= 4 is 46.6 Å². The molecule has 2 aliphatic heterocycles. The second-order valence-corrected chi connectivity index (χ2v) is 10.1. The average Bonchev–Trinajstić information content (AvgIpc) is 2.85. The fourth-order valence-electron chi connectivity index (χ4n) is 4.52. The quantitative estimate of drug-likeness (QED) is 0.520. The van der Waals surface area contributed by atoms with E-state index in [0.29, 0.717) is 78.8 Å². The van der Waals surface area contributed by atoms with Gasteiger partial charge in [-0.1, -0.05) is 34.8 Å². The zero-order valence-corrected chi connectivity index (χ0v) is 21.0. The van der Waals surface area contributed by atoms with Gasteiger partial charge in [-0.05, 0) is 55.3 Å². The summed E-state index contributed by atoms with van der Waals surface area (Å²) in [5.41, 5.74) is -0.0394. The normalized spacial score (nSPS) is 20.8. The Labute approximate surface area is 214 Å². The molecule has 0 aromatic heterocycles. The predicted octanol–water partition coefficient (Wildman–Crippen LogP) is 5.20. The van der Waals surface area contributed by atoms with E-state index in [1.807, 2.05) is 4.90 Å². The summed E-state index contributed by atoms with van der Waals surface area (Å²) < 4.78 is 11.5. The first-order valence-corrected chi connectivity index (χ1v) is 12.5. The highest BCUT2D eigenvalue weighted by molar-refractivity contribution is 6.42. The summed E-state index contributed by atoms with van der Waals surface area (Å²) in [7, 11) is 0. The van der Waals surface area contributed by atoms with E-state index in [4.69, 9.17) is 44.3 Å². The highest BCUT2D eigenvalue weighted by atomic mass is 35.5. The van der Waals surface area contributed by atoms with Gasteiger partial charge in [-0.3, -0.25) is 9.59 Å². The topological polar surface area (TPSA) is 59.1 Å². The van der Waals surface area contributed by atoms with Gasteiger partial charge in [0, 0.05) is 48.6 Å². The monoisotopic (exact) mass is 524 g/mol. The highest BCUT2D eigenvalue weighted by Gasteiger charge is 2.41. The maximum atomic E-state index is 13.3. The minimum atomic E-state index is -0.515. The van der Waals surface area contributed by atoms with Crippen LogP contribution in [0.15, 0.2) is 42.5 Å². The maximum Gasteiger partial charge on any atom is 0.253 e. The molecule has 0 saturated carbocycles. The highest BCUT2D eigenvalue weighted by Crippen LogP contribution is 2.36. The number of halogens is 3. The fourth-order valence-corrected chi connectivity index (χ4v) is 4.94. The Morgan fingerprint density at radius 3 is 2.38 bits per heavy atom. The fraction of sp³-hybridized carbons (Fsp3) is 0.440. The van der Waals surface area contributed by atoms with Crippen LogP contribution in [0.1, 0.15) is 29.6 Å². The summed E-state index contributed by atoms with van der Waals surface area (Å²) in [4.78, 5) is 30.2. The van der Waals surface area contributed by atoms with E-state index in [0.717, 1.165) is 12.8 Å². The van der Waals surface area contributed by atoms with Gasteiger partial charge in [0.25, 0.3) is 5.91 Å². The molecule has 2 fully saturated rings. The summed E-state index contributed by atoms with van der Waals surface area (Å²) in [6, 6.07) is 12.0. The van der Waals surface area contributed by atoms with E-state index in [1.165, 1.54) is 0 Å². The average molecular weight is 526 g/mol. The van der Waals surface area contributed by atoms with Crippen LogP contribution in [0.3, 0.4) is 0 Å². The number of benzene rings is 2. The molecule has 2 aromatic rings. The van der Waals surface area contributed by atoms with Crippen molar-refractivity contribution in [2.75, 3.05) is 46.0 Å². The minimum Gasteiger partial charge on any atom is -0.493 e. The summed E-state index contributed by atoms with van der Waals surface area (Å²) in [5, 5.41) is 1.36. The van der Waals surface area contributed by atoms with E-state index in [9.17, 15) is 9.59 Å². The van der Waals surface area contributed by atoms with Gasteiger partial charge in [0.05, 0.1) is 29.9 Å². The van der Waals surface area contributed by atoms with Crippen molar-refractivity contribution in [3.8, 4) is 5.75 Å². The summed E-state index contributed by atoms with van der Waals surface area (Å²) in [6.07, 6.45) is 1.85. The summed E-state index contributed by atoms with van der Waals surface area (Å²) in [6.45, 7) is 3.58. The smallest absolute Gasteiger partial charge is 0.253 e. The van der Waals surface area contributed by atoms with Crippen LogP contribution in [0, 0.1) is 5.41 Å². The van der Waals surface area contributed by atoms with Crippen LogP contribution >= 0.6 is 34.8 Å². The lowest BCUT2D eigenvalue weighted by Gasteiger charge is -2.43. The first kappa shape index (κ1) is 25.1. The third-order valence-corrected chi connectivity index (χ3v) is 7.35. The number of amides is 2. The molecule has 6 nitrogen and oxygen atoms in total. The number of likely N-dealkylation sites (tertiary alicyclic amines) is 1. The predicted molar refractivity (Wildman–Crippen MR) is 133 cm³/mol. The number of carbonyl (C=O) groups excluding carboxylic acids is 2. The van der Waals surface area contributed by atoms with Gasteiger partial charge in [0.15, 0.2) is 0 Å². The van der Waals surface area contributed by atoms with Gasteiger partial charge in [-0.2, -0.15) is 0 Å². The zero-order chi connectivity index (χ0) is 24.1. The van der Waals surface area contributed by atoms with Gasteiger partial charge in [0.1, 0.15) is 5.75 Å². The molecule has 2 aliphatic rings. The number of carbonyl (C=O) groups is 2. The molecule has 182 valence electrons. The molecule has 0 radical (unpaired) electrons. The molecule has 1 atom stereocenters. The summed E-state index contributed by atoms with van der Waals surface area (Å²) >= 11 is 18.2. The third kappa shape index (κ3) is 6.16. The maximum absolute atomic E-state index is 13.3. The van der Waals surface area contributed by atoms with Gasteiger partial charge in [-0.25, -0.2) is 0 Å². The Morgan fingerprint density at radius 2 is 1.68 bits per heavy atom. The van der Waals surface area contributed by atoms with Crippen molar-refractivity contribution in [2.45, 2.75) is 19.3 Å². The van der Waals surface area contributed by atoms with Gasteiger partial charge < -0.3 is 19.3 Å². The van der Waals surface area contributed by atoms with Crippen LogP contribution in [-0.2, 0) is 9.53 Å². The lowest BCUT2D eigenvalue weighted by atomic mass is 9.77. The standard InChI is InChI=1S/C25H27Cl3N2O4/c26-19-3-5-20(6-4-19)34-17-25(15-23(31)29-10-12-33-13-11-29)8-1-9-30(16-25)24(32)18-2-7-21(27)22(28)14-18/h2-7,14H,1,8-13,15-17H2/t25-/m1/s1. The van der Waals surface area contributed by atoms with Crippen LogP contribution in [0.2, 0.25) is 15.1 Å². The van der Waals surface area contributed by atoms with Gasteiger partial charge in [-0.15, -0.1) is 0 Å². The SMILES string of the molecule is O=C(C[C@]1(COc2ccc(Cl)cc2)CCCN(C(=O)c2ccc(Cl)c(Cl)c2)C1)N1CCOCC1. The van der Waals surface area contributed by atoms with Crippen LogP contribution in [-0.4, -0.2) is 67.6 Å². The molecular weight excluding hydrogens is 499 g/mol. The first-order valence-electron chi connectivity index (χ1n) is 11.3. The number of ether oxygens (including phenoxy) is 2. The molecule has 2 heterocycles. The molecule has 2 amide bonds. The van der Waals surface area contributed by atoms with Crippen molar-refractivity contribution in [1.82, 2.24) is 9.80 Å². The zero-order valence-electron chi connectivity index (χ0n) is 18.8. The molecule has 2 aromatic carbocycles. The van der Waals surface area contributed by atoms with E-state index < -0.39 is 5.41 Å². The van der Waals surface area contributed by atoms with Crippen LogP contribution < -0.4 is 4.74 Å². The van der Waals surface area contributed by atoms with E-state index in [1.54, 1.807) is 47.4 Å². The third-order valence-electron chi connectivity index (χ3n) is 6.36. The largest absolute Gasteiger partial charge is 0.493 e. The molecule has 9 heteroatoms. The van der Waals surface area contributed by atoms with Crippen molar-refractivity contribution in [3.05, 3.63) is 63.1 Å². The van der Waals surface area contributed by atoms with Crippen molar-refractivity contribution in [2.24, 2.45) is 5.41 Å². The lowest BCUT2D eigenvalue weighted by Crippen LogP contribution is -2.52. The number of nitrogens with zero attached hydrogens (tertiary/aromatic N) is 2. The number of piperidine rings is 1. The van der Waals surface area contributed by atoms with E-state index in [-0.39, 0.29) is 11.8 Å².